The fourth-order valence-corrected chi connectivity index (χ4v) is 2.20. The van der Waals surface area contributed by atoms with Crippen LogP contribution in [0.5, 0.6) is 0 Å². The average Bonchev–Trinajstić information content (AvgIpc) is 2.27. The fourth-order valence-electron chi connectivity index (χ4n) is 1.95. The zero-order valence-electron chi connectivity index (χ0n) is 11.7. The summed E-state index contributed by atoms with van der Waals surface area (Å²) in [7, 11) is 0. The summed E-state index contributed by atoms with van der Waals surface area (Å²) in [5.41, 5.74) is 3.35. The minimum atomic E-state index is 0.0224. The number of benzene rings is 1. The molecule has 0 aliphatic carbocycles. The summed E-state index contributed by atoms with van der Waals surface area (Å²) in [4.78, 5) is 4.72. The van der Waals surface area contributed by atoms with Crippen LogP contribution in [-0.4, -0.2) is 4.98 Å². The van der Waals surface area contributed by atoms with E-state index in [4.69, 9.17) is 16.6 Å². The third kappa shape index (κ3) is 2.51. The van der Waals surface area contributed by atoms with Crippen molar-refractivity contribution in [2.24, 2.45) is 0 Å². The van der Waals surface area contributed by atoms with Crippen LogP contribution < -0.4 is 0 Å². The molecule has 0 spiro atoms. The van der Waals surface area contributed by atoms with Crippen LogP contribution in [0.15, 0.2) is 24.3 Å². The van der Waals surface area contributed by atoms with E-state index >= 15 is 0 Å². The van der Waals surface area contributed by atoms with Gasteiger partial charge in [0, 0.05) is 16.5 Å². The van der Waals surface area contributed by atoms with Crippen molar-refractivity contribution in [3.8, 4) is 0 Å². The smallest absolute Gasteiger partial charge is 0.0720 e. The normalized spacial score (nSPS) is 12.4. The van der Waals surface area contributed by atoms with Crippen molar-refractivity contribution in [2.45, 2.75) is 46.0 Å². The Labute approximate surface area is 114 Å². The summed E-state index contributed by atoms with van der Waals surface area (Å²) < 4.78 is 0. The minimum absolute atomic E-state index is 0.0224. The second kappa shape index (κ2) is 4.55. The van der Waals surface area contributed by atoms with Gasteiger partial charge < -0.3 is 0 Å². The van der Waals surface area contributed by atoms with E-state index < -0.39 is 0 Å². The number of fused-ring (bicyclic) bond motifs is 1. The first-order valence-electron chi connectivity index (χ1n) is 6.39. The molecule has 2 rings (SSSR count). The fraction of sp³-hybridized carbons (Fsp3) is 0.438. The summed E-state index contributed by atoms with van der Waals surface area (Å²) in [6.45, 7) is 10.8. The van der Waals surface area contributed by atoms with Gasteiger partial charge in [0.2, 0.25) is 0 Å². The molecule has 0 aliphatic heterocycles. The number of hydrogen-bond acceptors (Lipinski definition) is 1. The Hall–Kier alpha value is -1.08. The molecule has 1 aromatic heterocycles. The topological polar surface area (TPSA) is 12.9 Å². The molecule has 0 aliphatic rings. The van der Waals surface area contributed by atoms with E-state index in [2.05, 4.69) is 52.8 Å². The number of aromatic nitrogens is 1. The van der Waals surface area contributed by atoms with E-state index in [0.29, 0.717) is 5.92 Å². The molecule has 0 radical (unpaired) electrons. The molecule has 1 aromatic carbocycles. The molecule has 18 heavy (non-hydrogen) atoms. The molecule has 0 fully saturated rings. The predicted octanol–water partition coefficient (Wildman–Crippen LogP) is 5.31. The van der Waals surface area contributed by atoms with E-state index in [9.17, 15) is 0 Å². The maximum absolute atomic E-state index is 6.40. The van der Waals surface area contributed by atoms with Crippen LogP contribution in [-0.2, 0) is 5.41 Å². The lowest BCUT2D eigenvalue weighted by atomic mass is 9.91. The molecule has 1 nitrogen and oxygen atoms in total. The van der Waals surface area contributed by atoms with Gasteiger partial charge in [0.25, 0.3) is 0 Å². The van der Waals surface area contributed by atoms with Crippen LogP contribution in [0, 0.1) is 0 Å². The molecule has 0 bridgehead atoms. The van der Waals surface area contributed by atoms with Crippen molar-refractivity contribution >= 4 is 22.5 Å². The highest BCUT2D eigenvalue weighted by molar-refractivity contribution is 6.35. The molecule has 0 atom stereocenters. The van der Waals surface area contributed by atoms with Gasteiger partial charge in [0.05, 0.1) is 10.5 Å². The maximum Gasteiger partial charge on any atom is 0.0720 e. The maximum atomic E-state index is 6.40. The monoisotopic (exact) mass is 261 g/mol. The highest BCUT2D eigenvalue weighted by atomic mass is 35.5. The number of halogens is 1. The van der Waals surface area contributed by atoms with E-state index in [-0.39, 0.29) is 5.41 Å². The lowest BCUT2D eigenvalue weighted by Crippen LogP contribution is -2.13. The standard InChI is InChI=1S/C16H20ClN/c1-10(2)11-6-7-14-12(8-11)13(17)9-15(18-14)16(3,4)5/h6-10H,1-5H3. The number of hydrogen-bond donors (Lipinski definition) is 0. The van der Waals surface area contributed by atoms with Crippen LogP contribution in [0.3, 0.4) is 0 Å². The van der Waals surface area contributed by atoms with Crippen molar-refractivity contribution in [3.63, 3.8) is 0 Å². The van der Waals surface area contributed by atoms with Crippen molar-refractivity contribution in [1.82, 2.24) is 4.98 Å². The number of pyridine rings is 1. The Bertz CT molecular complexity index is 579. The molecular weight excluding hydrogens is 242 g/mol. The second-order valence-corrected chi connectivity index (χ2v) is 6.58. The molecule has 0 unspecified atom stereocenters. The van der Waals surface area contributed by atoms with Crippen molar-refractivity contribution in [2.75, 3.05) is 0 Å². The Kier molecular flexibility index (Phi) is 3.37. The summed E-state index contributed by atoms with van der Waals surface area (Å²) >= 11 is 6.40. The molecule has 1 heterocycles. The van der Waals surface area contributed by atoms with Gasteiger partial charge in [0.15, 0.2) is 0 Å². The minimum Gasteiger partial charge on any atom is -0.252 e. The van der Waals surface area contributed by atoms with E-state index in [1.165, 1.54) is 5.56 Å². The summed E-state index contributed by atoms with van der Waals surface area (Å²) in [5, 5.41) is 1.85. The van der Waals surface area contributed by atoms with Gasteiger partial charge in [-0.25, -0.2) is 0 Å². The second-order valence-electron chi connectivity index (χ2n) is 6.17. The molecule has 0 saturated heterocycles. The summed E-state index contributed by atoms with van der Waals surface area (Å²) in [6, 6.07) is 8.37. The SMILES string of the molecule is CC(C)c1ccc2nc(C(C)(C)C)cc(Cl)c2c1. The van der Waals surface area contributed by atoms with Gasteiger partial charge in [-0.05, 0) is 29.7 Å². The third-order valence-corrected chi connectivity index (χ3v) is 3.53. The van der Waals surface area contributed by atoms with E-state index in [1.54, 1.807) is 0 Å². The Morgan fingerprint density at radius 1 is 1.11 bits per heavy atom. The van der Waals surface area contributed by atoms with Gasteiger partial charge in [-0.2, -0.15) is 0 Å². The first kappa shape index (κ1) is 13.4. The van der Waals surface area contributed by atoms with Gasteiger partial charge in [0.1, 0.15) is 0 Å². The molecule has 2 heteroatoms. The third-order valence-electron chi connectivity index (χ3n) is 3.22. The average molecular weight is 262 g/mol. The Morgan fingerprint density at radius 3 is 2.33 bits per heavy atom. The highest BCUT2D eigenvalue weighted by Crippen LogP contribution is 2.30. The molecule has 96 valence electrons. The van der Waals surface area contributed by atoms with Crippen molar-refractivity contribution in [1.29, 1.82) is 0 Å². The Morgan fingerprint density at radius 2 is 1.78 bits per heavy atom. The number of rotatable bonds is 1. The largest absolute Gasteiger partial charge is 0.252 e. The van der Waals surface area contributed by atoms with Crippen molar-refractivity contribution < 1.29 is 0 Å². The van der Waals surface area contributed by atoms with Crippen LogP contribution in [0.2, 0.25) is 5.02 Å². The lowest BCUT2D eigenvalue weighted by Gasteiger charge is -2.19. The highest BCUT2D eigenvalue weighted by Gasteiger charge is 2.17. The van der Waals surface area contributed by atoms with Gasteiger partial charge >= 0.3 is 0 Å². The van der Waals surface area contributed by atoms with Crippen LogP contribution in [0.1, 0.15) is 51.8 Å². The van der Waals surface area contributed by atoms with Crippen molar-refractivity contribution in [3.05, 3.63) is 40.5 Å². The molecular formula is C16H20ClN. The van der Waals surface area contributed by atoms with E-state index in [1.807, 2.05) is 6.07 Å². The van der Waals surface area contributed by atoms with Gasteiger partial charge in [-0.1, -0.05) is 52.3 Å². The zero-order valence-corrected chi connectivity index (χ0v) is 12.5. The van der Waals surface area contributed by atoms with Crippen LogP contribution in [0.4, 0.5) is 0 Å². The van der Waals surface area contributed by atoms with Gasteiger partial charge in [-0.15, -0.1) is 0 Å². The zero-order chi connectivity index (χ0) is 13.5. The first-order valence-corrected chi connectivity index (χ1v) is 6.77. The Balaban J connectivity index is 2.66. The molecule has 0 saturated carbocycles. The molecule has 0 amide bonds. The van der Waals surface area contributed by atoms with Crippen LogP contribution in [0.25, 0.3) is 10.9 Å². The lowest BCUT2D eigenvalue weighted by molar-refractivity contribution is 0.571. The predicted molar refractivity (Wildman–Crippen MR) is 79.5 cm³/mol. The molecule has 0 N–H and O–H groups in total. The van der Waals surface area contributed by atoms with E-state index in [0.717, 1.165) is 21.6 Å². The summed E-state index contributed by atoms with van der Waals surface area (Å²) in [6.07, 6.45) is 0. The quantitative estimate of drug-likeness (QED) is 0.678. The summed E-state index contributed by atoms with van der Waals surface area (Å²) in [5.74, 6) is 0.507. The first-order chi connectivity index (χ1) is 8.29. The van der Waals surface area contributed by atoms with Crippen LogP contribution >= 0.6 is 11.6 Å². The molecule has 2 aromatic rings. The number of nitrogens with zero attached hydrogens (tertiary/aromatic N) is 1. The van der Waals surface area contributed by atoms with Gasteiger partial charge in [-0.3, -0.25) is 4.98 Å².